The predicted octanol–water partition coefficient (Wildman–Crippen LogP) is 4.92. The quantitative estimate of drug-likeness (QED) is 0.324. The van der Waals surface area contributed by atoms with E-state index in [1.165, 1.54) is 35.3 Å². The van der Waals surface area contributed by atoms with Gasteiger partial charge in [0.15, 0.2) is 30.3 Å². The van der Waals surface area contributed by atoms with Gasteiger partial charge >= 0.3 is 0 Å². The zero-order chi connectivity index (χ0) is 17.1. The number of fused-ring (bicyclic) bond motifs is 2. The lowest BCUT2D eigenvalue weighted by Crippen LogP contribution is -1.79. The maximum absolute atomic E-state index is 5.84. The summed E-state index contributed by atoms with van der Waals surface area (Å²) in [6.45, 7) is 0. The molecule has 0 N–H and O–H groups in total. The van der Waals surface area contributed by atoms with Crippen LogP contribution < -0.4 is 0 Å². The van der Waals surface area contributed by atoms with Crippen LogP contribution in [0.25, 0.3) is 20.7 Å². The fourth-order valence-corrected chi connectivity index (χ4v) is 4.87. The van der Waals surface area contributed by atoms with Crippen LogP contribution in [-0.2, 0) is 0 Å². The van der Waals surface area contributed by atoms with E-state index in [-0.39, 0.29) is 0 Å². The van der Waals surface area contributed by atoms with E-state index in [1.807, 2.05) is 12.5 Å². The smallest absolute Gasteiger partial charge is 0.176 e. The third-order valence-electron chi connectivity index (χ3n) is 2.61. The number of aromatic nitrogens is 6. The SMILES string of the molecule is CSc1nc2ncnc(Cl)c2s1.CSc1nc2ncnc(Cl)c2s1. The highest BCUT2D eigenvalue weighted by atomic mass is 35.5. The fourth-order valence-electron chi connectivity index (χ4n) is 1.59. The molecule has 4 aromatic rings. The third kappa shape index (κ3) is 3.89. The highest BCUT2D eigenvalue weighted by Gasteiger charge is 2.08. The van der Waals surface area contributed by atoms with Crippen LogP contribution in [0.4, 0.5) is 0 Å². The molecule has 12 heteroatoms. The van der Waals surface area contributed by atoms with Crippen molar-refractivity contribution in [2.24, 2.45) is 0 Å². The molecule has 0 aliphatic carbocycles. The Hall–Kier alpha value is -0.780. The van der Waals surface area contributed by atoms with Gasteiger partial charge in [-0.15, -0.1) is 22.7 Å². The van der Waals surface area contributed by atoms with E-state index in [4.69, 9.17) is 23.2 Å². The molecule has 6 nitrogen and oxygen atoms in total. The van der Waals surface area contributed by atoms with Crippen molar-refractivity contribution in [1.29, 1.82) is 0 Å². The molecule has 0 atom stereocenters. The highest BCUT2D eigenvalue weighted by molar-refractivity contribution is 8.00. The molecule has 0 aliphatic rings. The first-order valence-electron chi connectivity index (χ1n) is 6.24. The molecule has 0 amide bonds. The van der Waals surface area contributed by atoms with Crippen LogP contribution in [0.3, 0.4) is 0 Å². The van der Waals surface area contributed by atoms with Crippen LogP contribution in [0, 0.1) is 0 Å². The van der Waals surface area contributed by atoms with Crippen molar-refractivity contribution in [3.05, 3.63) is 23.0 Å². The predicted molar refractivity (Wildman–Crippen MR) is 104 cm³/mol. The van der Waals surface area contributed by atoms with Gasteiger partial charge in [0.2, 0.25) is 0 Å². The standard InChI is InChI=1S/2C6H4ClN3S2/c2*1-11-6-10-5-3(12-6)4(7)8-2-9-5/h2*2H,1H3. The van der Waals surface area contributed by atoms with Gasteiger partial charge in [0.25, 0.3) is 0 Å². The fraction of sp³-hybridized carbons (Fsp3) is 0.167. The van der Waals surface area contributed by atoms with E-state index in [1.54, 1.807) is 23.5 Å². The van der Waals surface area contributed by atoms with Gasteiger partial charge in [0.05, 0.1) is 0 Å². The lowest BCUT2D eigenvalue weighted by atomic mass is 10.6. The molecule has 0 radical (unpaired) electrons. The van der Waals surface area contributed by atoms with Gasteiger partial charge in [-0.25, -0.2) is 29.9 Å². The molecule has 4 aromatic heterocycles. The number of thiazole rings is 2. The summed E-state index contributed by atoms with van der Waals surface area (Å²) in [4.78, 5) is 24.2. The lowest BCUT2D eigenvalue weighted by Gasteiger charge is -1.86. The number of hydrogen-bond donors (Lipinski definition) is 0. The van der Waals surface area contributed by atoms with Crippen molar-refractivity contribution < 1.29 is 0 Å². The number of rotatable bonds is 2. The minimum atomic E-state index is 0.484. The number of thioether (sulfide) groups is 2. The summed E-state index contributed by atoms with van der Waals surface area (Å²) in [5, 5.41) is 0.968. The van der Waals surface area contributed by atoms with Gasteiger partial charge in [-0.2, -0.15) is 0 Å². The molecule has 4 rings (SSSR count). The minimum absolute atomic E-state index is 0.484. The number of hydrogen-bond acceptors (Lipinski definition) is 10. The summed E-state index contributed by atoms with van der Waals surface area (Å²) in [6, 6.07) is 0. The summed E-state index contributed by atoms with van der Waals surface area (Å²) in [5.74, 6) is 0. The normalized spacial score (nSPS) is 10.8. The van der Waals surface area contributed by atoms with Crippen molar-refractivity contribution in [1.82, 2.24) is 29.9 Å². The van der Waals surface area contributed by atoms with Gasteiger partial charge in [-0.1, -0.05) is 46.7 Å². The summed E-state index contributed by atoms with van der Waals surface area (Å²) in [7, 11) is 0. The molecule has 0 saturated heterocycles. The van der Waals surface area contributed by atoms with Crippen molar-refractivity contribution in [3.8, 4) is 0 Å². The largest absolute Gasteiger partial charge is 0.223 e. The summed E-state index contributed by atoms with van der Waals surface area (Å²) >= 11 is 17.9. The first-order valence-corrected chi connectivity index (χ1v) is 11.1. The van der Waals surface area contributed by atoms with Crippen LogP contribution in [0.5, 0.6) is 0 Å². The van der Waals surface area contributed by atoms with Crippen LogP contribution in [-0.4, -0.2) is 42.4 Å². The van der Waals surface area contributed by atoms with E-state index in [9.17, 15) is 0 Å². The summed E-state index contributed by atoms with van der Waals surface area (Å²) < 4.78 is 3.66. The molecule has 4 heterocycles. The number of nitrogens with zero attached hydrogens (tertiary/aromatic N) is 6. The number of halogens is 2. The van der Waals surface area contributed by atoms with Gasteiger partial charge in [-0.3, -0.25) is 0 Å². The molecule has 0 spiro atoms. The van der Waals surface area contributed by atoms with E-state index in [0.717, 1.165) is 18.1 Å². The molecule has 0 unspecified atom stereocenters. The first-order chi connectivity index (χ1) is 11.6. The second kappa shape index (κ2) is 8.07. The Morgan fingerprint density at radius 2 is 1.17 bits per heavy atom. The van der Waals surface area contributed by atoms with E-state index < -0.39 is 0 Å². The van der Waals surface area contributed by atoms with Crippen LogP contribution in [0.2, 0.25) is 10.3 Å². The Bertz CT molecular complexity index is 908. The van der Waals surface area contributed by atoms with E-state index in [0.29, 0.717) is 21.6 Å². The third-order valence-corrected chi connectivity index (χ3v) is 7.48. The maximum Gasteiger partial charge on any atom is 0.176 e. The average Bonchev–Trinajstić information content (AvgIpc) is 3.20. The Labute approximate surface area is 163 Å². The Balaban J connectivity index is 0.000000141. The van der Waals surface area contributed by atoms with Crippen LogP contribution in [0.1, 0.15) is 0 Å². The second-order valence-corrected chi connectivity index (χ2v) is 8.82. The van der Waals surface area contributed by atoms with Gasteiger partial charge in [0.1, 0.15) is 22.1 Å². The zero-order valence-corrected chi connectivity index (χ0v) is 17.0. The van der Waals surface area contributed by atoms with Gasteiger partial charge < -0.3 is 0 Å². The van der Waals surface area contributed by atoms with E-state index in [2.05, 4.69) is 29.9 Å². The van der Waals surface area contributed by atoms with Crippen molar-refractivity contribution in [2.75, 3.05) is 12.5 Å². The molecule has 0 aromatic carbocycles. The molecule has 0 bridgehead atoms. The first kappa shape index (κ1) is 18.0. The summed E-state index contributed by atoms with van der Waals surface area (Å²) in [6.07, 6.45) is 6.79. The Kier molecular flexibility index (Phi) is 6.06. The van der Waals surface area contributed by atoms with Gasteiger partial charge in [0, 0.05) is 0 Å². The lowest BCUT2D eigenvalue weighted by molar-refractivity contribution is 1.17. The van der Waals surface area contributed by atoms with Crippen molar-refractivity contribution in [2.45, 2.75) is 8.68 Å². The zero-order valence-electron chi connectivity index (χ0n) is 12.2. The molecule has 0 saturated carbocycles. The molecule has 0 aliphatic heterocycles. The molecular formula is C12H8Cl2N6S4. The molecule has 0 fully saturated rings. The van der Waals surface area contributed by atoms with Crippen molar-refractivity contribution in [3.63, 3.8) is 0 Å². The average molecular weight is 435 g/mol. The summed E-state index contributed by atoms with van der Waals surface area (Å²) in [5.41, 5.74) is 1.37. The van der Waals surface area contributed by atoms with Gasteiger partial charge in [-0.05, 0) is 12.5 Å². The monoisotopic (exact) mass is 434 g/mol. The Morgan fingerprint density at radius 3 is 1.50 bits per heavy atom. The van der Waals surface area contributed by atoms with E-state index >= 15 is 0 Å². The Morgan fingerprint density at radius 1 is 0.750 bits per heavy atom. The topological polar surface area (TPSA) is 77.3 Å². The minimum Gasteiger partial charge on any atom is -0.223 e. The van der Waals surface area contributed by atoms with Crippen LogP contribution in [0.15, 0.2) is 21.3 Å². The maximum atomic E-state index is 5.84. The molecular weight excluding hydrogens is 427 g/mol. The highest BCUT2D eigenvalue weighted by Crippen LogP contribution is 2.31. The van der Waals surface area contributed by atoms with Crippen LogP contribution >= 0.6 is 69.4 Å². The van der Waals surface area contributed by atoms with Crippen molar-refractivity contribution >= 4 is 90.1 Å². The second-order valence-electron chi connectivity index (χ2n) is 4.00. The molecule has 24 heavy (non-hydrogen) atoms. The molecule has 124 valence electrons.